The van der Waals surface area contributed by atoms with E-state index in [1.807, 2.05) is 11.3 Å². The smallest absolute Gasteiger partial charge is 0.0352 e. The van der Waals surface area contributed by atoms with Gasteiger partial charge in [-0.2, -0.15) is 0 Å². The Labute approximate surface area is 88.9 Å². The van der Waals surface area contributed by atoms with Crippen LogP contribution in [0.4, 0.5) is 0 Å². The van der Waals surface area contributed by atoms with Crippen molar-refractivity contribution in [2.24, 2.45) is 0 Å². The molecule has 1 aromatic carbocycles. The predicted molar refractivity (Wildman–Crippen MR) is 65.9 cm³/mol. The summed E-state index contributed by atoms with van der Waals surface area (Å²) < 4.78 is 1.40. The third-order valence-electron chi connectivity index (χ3n) is 2.40. The van der Waals surface area contributed by atoms with Crippen LogP contribution in [0.15, 0.2) is 30.3 Å². The fourth-order valence-corrected chi connectivity index (χ4v) is 3.03. The minimum Gasteiger partial charge on any atom is -0.136 e. The molecule has 2 aromatic rings. The van der Waals surface area contributed by atoms with E-state index in [2.05, 4.69) is 50.3 Å². The van der Waals surface area contributed by atoms with Gasteiger partial charge in [-0.15, -0.1) is 11.3 Å². The summed E-state index contributed by atoms with van der Waals surface area (Å²) in [5, 5.41) is 1.42. The van der Waals surface area contributed by atoms with Gasteiger partial charge in [0.2, 0.25) is 0 Å². The van der Waals surface area contributed by atoms with Crippen LogP contribution in [0.2, 0.25) is 0 Å². The number of aryl methyl sites for hydroxylation is 1. The van der Waals surface area contributed by atoms with Crippen LogP contribution in [-0.4, -0.2) is 0 Å². The topological polar surface area (TPSA) is 0 Å². The summed E-state index contributed by atoms with van der Waals surface area (Å²) in [6.45, 7) is 4.30. The van der Waals surface area contributed by atoms with Crippen molar-refractivity contribution in [3.8, 4) is 0 Å². The van der Waals surface area contributed by atoms with Gasteiger partial charge in [0.1, 0.15) is 0 Å². The molecule has 0 radical (unpaired) electrons. The lowest BCUT2D eigenvalue weighted by molar-refractivity contribution is 1.17. The average molecular weight is 202 g/mol. The largest absolute Gasteiger partial charge is 0.136 e. The second kappa shape index (κ2) is 3.97. The summed E-state index contributed by atoms with van der Waals surface area (Å²) in [5.74, 6) is 0. The normalized spacial score (nSPS) is 11.6. The van der Waals surface area contributed by atoms with E-state index in [-0.39, 0.29) is 0 Å². The third kappa shape index (κ3) is 1.48. The van der Waals surface area contributed by atoms with Crippen LogP contribution in [0.25, 0.3) is 16.2 Å². The number of fused-ring (bicyclic) bond motifs is 1. The van der Waals surface area contributed by atoms with Gasteiger partial charge in [0.25, 0.3) is 0 Å². The standard InChI is InChI=1S/C13H14S/c1-3-7-12-10(4-2)11-8-5-6-9-13(11)14-12/h3,5-9H,4H2,1-2H3/b7-3-. The van der Waals surface area contributed by atoms with Gasteiger partial charge in [0.05, 0.1) is 0 Å². The SMILES string of the molecule is C/C=C\c1sc2ccccc2c1CC. The molecule has 0 spiro atoms. The highest BCUT2D eigenvalue weighted by Crippen LogP contribution is 2.32. The Balaban J connectivity index is 2.72. The Hall–Kier alpha value is -1.08. The second-order valence-electron chi connectivity index (χ2n) is 3.29. The van der Waals surface area contributed by atoms with E-state index >= 15 is 0 Å². The molecule has 72 valence electrons. The van der Waals surface area contributed by atoms with Gasteiger partial charge >= 0.3 is 0 Å². The average Bonchev–Trinajstić information content (AvgIpc) is 2.55. The molecule has 0 aliphatic carbocycles. The molecule has 0 saturated heterocycles. The van der Waals surface area contributed by atoms with E-state index in [9.17, 15) is 0 Å². The number of hydrogen-bond donors (Lipinski definition) is 0. The Morgan fingerprint density at radius 2 is 2.07 bits per heavy atom. The molecule has 1 aromatic heterocycles. The zero-order chi connectivity index (χ0) is 9.97. The lowest BCUT2D eigenvalue weighted by Crippen LogP contribution is -1.78. The zero-order valence-electron chi connectivity index (χ0n) is 8.58. The lowest BCUT2D eigenvalue weighted by Gasteiger charge is -1.95. The highest BCUT2D eigenvalue weighted by molar-refractivity contribution is 7.20. The molecule has 1 heteroatoms. The summed E-state index contributed by atoms with van der Waals surface area (Å²) in [4.78, 5) is 1.41. The Morgan fingerprint density at radius 1 is 1.29 bits per heavy atom. The minimum atomic E-state index is 1.11. The number of allylic oxidation sites excluding steroid dienone is 1. The van der Waals surface area contributed by atoms with Crippen LogP contribution in [-0.2, 0) is 6.42 Å². The van der Waals surface area contributed by atoms with Crippen LogP contribution in [0.1, 0.15) is 24.3 Å². The van der Waals surface area contributed by atoms with E-state index in [1.165, 1.54) is 20.5 Å². The summed E-state index contributed by atoms with van der Waals surface area (Å²) in [5.41, 5.74) is 1.49. The fourth-order valence-electron chi connectivity index (χ4n) is 1.77. The molecule has 0 nitrogen and oxygen atoms in total. The first-order valence-corrected chi connectivity index (χ1v) is 5.81. The number of benzene rings is 1. The van der Waals surface area contributed by atoms with Crippen LogP contribution >= 0.6 is 11.3 Å². The first-order valence-electron chi connectivity index (χ1n) is 5.00. The highest BCUT2D eigenvalue weighted by atomic mass is 32.1. The number of thiophene rings is 1. The van der Waals surface area contributed by atoms with Gasteiger partial charge in [-0.1, -0.05) is 31.2 Å². The van der Waals surface area contributed by atoms with Crippen LogP contribution in [0, 0.1) is 0 Å². The van der Waals surface area contributed by atoms with E-state index in [1.54, 1.807) is 0 Å². The Bertz CT molecular complexity index is 463. The maximum absolute atomic E-state index is 2.22. The molecular weight excluding hydrogens is 188 g/mol. The van der Waals surface area contributed by atoms with Crippen molar-refractivity contribution in [2.45, 2.75) is 20.3 Å². The molecule has 0 aliphatic rings. The molecule has 0 N–H and O–H groups in total. The van der Waals surface area contributed by atoms with E-state index in [0.717, 1.165) is 6.42 Å². The number of hydrogen-bond acceptors (Lipinski definition) is 1. The van der Waals surface area contributed by atoms with Crippen molar-refractivity contribution >= 4 is 27.5 Å². The van der Waals surface area contributed by atoms with Crippen molar-refractivity contribution in [1.82, 2.24) is 0 Å². The van der Waals surface area contributed by atoms with Gasteiger partial charge in [0, 0.05) is 9.58 Å². The van der Waals surface area contributed by atoms with Crippen LogP contribution in [0.5, 0.6) is 0 Å². The molecule has 0 amide bonds. The fraction of sp³-hybridized carbons (Fsp3) is 0.231. The van der Waals surface area contributed by atoms with E-state index < -0.39 is 0 Å². The lowest BCUT2D eigenvalue weighted by atomic mass is 10.1. The van der Waals surface area contributed by atoms with E-state index in [0.29, 0.717) is 0 Å². The first-order chi connectivity index (χ1) is 6.86. The Kier molecular flexibility index (Phi) is 2.69. The second-order valence-corrected chi connectivity index (χ2v) is 4.38. The predicted octanol–water partition coefficient (Wildman–Crippen LogP) is 4.50. The maximum Gasteiger partial charge on any atom is 0.0352 e. The molecule has 0 atom stereocenters. The molecular formula is C13H14S. The van der Waals surface area contributed by atoms with Crippen molar-refractivity contribution in [1.29, 1.82) is 0 Å². The van der Waals surface area contributed by atoms with Crippen LogP contribution in [0.3, 0.4) is 0 Å². The molecule has 0 unspecified atom stereocenters. The van der Waals surface area contributed by atoms with Crippen molar-refractivity contribution in [2.75, 3.05) is 0 Å². The summed E-state index contributed by atoms with van der Waals surface area (Å²) >= 11 is 1.89. The molecule has 0 bridgehead atoms. The minimum absolute atomic E-state index is 1.11. The van der Waals surface area contributed by atoms with Gasteiger partial charge in [0.15, 0.2) is 0 Å². The molecule has 0 aliphatic heterocycles. The summed E-state index contributed by atoms with van der Waals surface area (Å²) in [7, 11) is 0. The van der Waals surface area contributed by atoms with Gasteiger partial charge in [-0.05, 0) is 36.4 Å². The summed E-state index contributed by atoms with van der Waals surface area (Å²) in [6, 6.07) is 8.65. The molecule has 14 heavy (non-hydrogen) atoms. The Morgan fingerprint density at radius 3 is 2.79 bits per heavy atom. The highest BCUT2D eigenvalue weighted by Gasteiger charge is 2.06. The van der Waals surface area contributed by atoms with Crippen molar-refractivity contribution < 1.29 is 0 Å². The van der Waals surface area contributed by atoms with Gasteiger partial charge in [-0.3, -0.25) is 0 Å². The van der Waals surface area contributed by atoms with E-state index in [4.69, 9.17) is 0 Å². The van der Waals surface area contributed by atoms with Gasteiger partial charge < -0.3 is 0 Å². The third-order valence-corrected chi connectivity index (χ3v) is 3.58. The monoisotopic (exact) mass is 202 g/mol. The number of rotatable bonds is 2. The molecule has 2 rings (SSSR count). The summed E-state index contributed by atoms with van der Waals surface area (Å²) in [6.07, 6.45) is 5.44. The molecule has 1 heterocycles. The van der Waals surface area contributed by atoms with Crippen molar-refractivity contribution in [3.05, 3.63) is 40.8 Å². The van der Waals surface area contributed by atoms with Gasteiger partial charge in [-0.25, -0.2) is 0 Å². The zero-order valence-corrected chi connectivity index (χ0v) is 9.40. The maximum atomic E-state index is 2.22. The van der Waals surface area contributed by atoms with Crippen molar-refractivity contribution in [3.63, 3.8) is 0 Å². The quantitative estimate of drug-likeness (QED) is 0.672. The molecule has 0 saturated carbocycles. The molecule has 0 fully saturated rings. The first kappa shape index (κ1) is 9.47. The van der Waals surface area contributed by atoms with Crippen LogP contribution < -0.4 is 0 Å².